The predicted molar refractivity (Wildman–Crippen MR) is 97.8 cm³/mol. The van der Waals surface area contributed by atoms with Crippen LogP contribution in [-0.2, 0) is 18.1 Å². The first kappa shape index (κ1) is 18.5. The van der Waals surface area contributed by atoms with E-state index in [1.165, 1.54) is 13.0 Å². The molecule has 2 saturated heterocycles. The lowest BCUT2D eigenvalue weighted by atomic mass is 10.0. The van der Waals surface area contributed by atoms with Gasteiger partial charge in [0.15, 0.2) is 12.4 Å². The quantitative estimate of drug-likeness (QED) is 0.689. The molecule has 26 heavy (non-hydrogen) atoms. The third-order valence-corrected chi connectivity index (χ3v) is 4.60. The third kappa shape index (κ3) is 4.28. The molecule has 3 heterocycles. The van der Waals surface area contributed by atoms with Crippen LogP contribution in [0.4, 0.5) is 0 Å². The minimum atomic E-state index is 0. The van der Waals surface area contributed by atoms with Gasteiger partial charge < -0.3 is 18.8 Å². The Labute approximate surface area is 158 Å². The number of oxime groups is 1. The van der Waals surface area contributed by atoms with Crippen LogP contribution < -0.4 is 9.47 Å². The van der Waals surface area contributed by atoms with Gasteiger partial charge in [-0.05, 0) is 35.8 Å². The molecule has 2 atom stereocenters. The number of methoxy groups -OCH3 is 1. The van der Waals surface area contributed by atoms with E-state index >= 15 is 0 Å². The molecule has 1 aromatic carbocycles. The maximum Gasteiger partial charge on any atom is 0.254 e. The van der Waals surface area contributed by atoms with Crippen molar-refractivity contribution < 1.29 is 18.8 Å². The number of halogens is 1. The average molecular weight is 380 g/mol. The molecule has 2 bridgehead atoms. The molecule has 8 heteroatoms. The number of fused-ring (bicyclic) bond motifs is 2. The number of hydrogen-bond acceptors (Lipinski definition) is 7. The number of piperidine rings is 1. The van der Waals surface area contributed by atoms with Crippen molar-refractivity contribution >= 4 is 18.1 Å². The van der Waals surface area contributed by atoms with Gasteiger partial charge in [0.25, 0.3) is 5.88 Å². The monoisotopic (exact) mass is 379 g/mol. The fourth-order valence-electron chi connectivity index (χ4n) is 3.20. The molecule has 4 rings (SSSR count). The normalized spacial score (nSPS) is 22.3. The van der Waals surface area contributed by atoms with E-state index in [9.17, 15) is 0 Å². The lowest BCUT2D eigenvalue weighted by Gasteiger charge is -2.12. The first-order valence-electron chi connectivity index (χ1n) is 8.42. The van der Waals surface area contributed by atoms with E-state index in [1.54, 1.807) is 13.2 Å². The summed E-state index contributed by atoms with van der Waals surface area (Å²) in [7, 11) is 1.64. The van der Waals surface area contributed by atoms with Crippen LogP contribution in [0.5, 0.6) is 11.6 Å². The number of nitrogens with zero attached hydrogens (tertiary/aromatic N) is 3. The third-order valence-electron chi connectivity index (χ3n) is 4.60. The number of rotatable bonds is 7. The zero-order valence-corrected chi connectivity index (χ0v) is 15.4. The van der Waals surface area contributed by atoms with E-state index in [2.05, 4.69) is 15.2 Å². The summed E-state index contributed by atoms with van der Waals surface area (Å²) >= 11 is 0. The van der Waals surface area contributed by atoms with Gasteiger partial charge in [-0.15, -0.1) is 12.4 Å². The zero-order chi connectivity index (χ0) is 17.1. The Morgan fingerprint density at radius 3 is 2.81 bits per heavy atom. The van der Waals surface area contributed by atoms with E-state index in [4.69, 9.17) is 18.8 Å². The Hall–Kier alpha value is -2.25. The molecule has 2 aromatic rings. The molecule has 2 aliphatic rings. The van der Waals surface area contributed by atoms with Gasteiger partial charge in [-0.25, -0.2) is 0 Å². The Balaban J connectivity index is 0.00000196. The maximum atomic E-state index is 5.62. The number of ether oxygens (including phenoxy) is 2. The molecule has 0 amide bonds. The number of benzene rings is 1. The largest absolute Gasteiger partial charge is 0.497 e. The summed E-state index contributed by atoms with van der Waals surface area (Å²) in [6.07, 6.45) is 1.19. The second-order valence-corrected chi connectivity index (χ2v) is 6.34. The van der Waals surface area contributed by atoms with Gasteiger partial charge in [-0.1, -0.05) is 17.3 Å². The van der Waals surface area contributed by atoms with Crippen LogP contribution >= 0.6 is 12.4 Å². The lowest BCUT2D eigenvalue weighted by molar-refractivity contribution is 0.107. The van der Waals surface area contributed by atoms with Gasteiger partial charge >= 0.3 is 0 Å². The predicted octanol–water partition coefficient (Wildman–Crippen LogP) is 2.89. The highest BCUT2D eigenvalue weighted by atomic mass is 35.5. The van der Waals surface area contributed by atoms with Crippen LogP contribution in [0.3, 0.4) is 0 Å². The molecular weight excluding hydrogens is 358 g/mol. The Morgan fingerprint density at radius 2 is 2.12 bits per heavy atom. The molecule has 2 unspecified atom stereocenters. The van der Waals surface area contributed by atoms with Crippen molar-refractivity contribution in [2.75, 3.05) is 26.7 Å². The fourth-order valence-corrected chi connectivity index (χ4v) is 3.20. The lowest BCUT2D eigenvalue weighted by Crippen LogP contribution is -2.23. The van der Waals surface area contributed by atoms with Crippen molar-refractivity contribution in [1.82, 2.24) is 10.1 Å². The van der Waals surface area contributed by atoms with E-state index in [0.717, 1.165) is 30.1 Å². The van der Waals surface area contributed by atoms with E-state index < -0.39 is 0 Å². The van der Waals surface area contributed by atoms with Crippen LogP contribution in [-0.4, -0.2) is 42.5 Å². The van der Waals surface area contributed by atoms with Crippen LogP contribution in [0.2, 0.25) is 0 Å². The average Bonchev–Trinajstić information content (AvgIpc) is 3.37. The summed E-state index contributed by atoms with van der Waals surface area (Å²) in [5.41, 5.74) is 2.17. The first-order valence-corrected chi connectivity index (χ1v) is 8.42. The van der Waals surface area contributed by atoms with Gasteiger partial charge in [-0.2, -0.15) is 0 Å². The maximum absolute atomic E-state index is 5.62. The highest BCUT2D eigenvalue weighted by molar-refractivity contribution is 5.91. The highest BCUT2D eigenvalue weighted by Crippen LogP contribution is 2.25. The molecule has 140 valence electrons. The SMILES string of the molecule is COc1ccc(COc2cc(CON=C3CN4CCC3C4)on2)cc1.Cl. The summed E-state index contributed by atoms with van der Waals surface area (Å²) in [6, 6.07) is 9.42. The highest BCUT2D eigenvalue weighted by Gasteiger charge is 2.35. The number of aromatic nitrogens is 1. The molecule has 0 radical (unpaired) electrons. The second-order valence-electron chi connectivity index (χ2n) is 6.34. The van der Waals surface area contributed by atoms with Crippen LogP contribution in [0.25, 0.3) is 0 Å². The molecule has 0 spiro atoms. The molecule has 0 aliphatic carbocycles. The summed E-state index contributed by atoms with van der Waals surface area (Å²) < 4.78 is 16.0. The summed E-state index contributed by atoms with van der Waals surface area (Å²) in [4.78, 5) is 7.81. The van der Waals surface area contributed by atoms with Crippen molar-refractivity contribution in [2.24, 2.45) is 11.1 Å². The minimum absolute atomic E-state index is 0. The summed E-state index contributed by atoms with van der Waals surface area (Å²) in [5, 5.41) is 8.15. The van der Waals surface area contributed by atoms with Crippen LogP contribution in [0.1, 0.15) is 17.7 Å². The topological polar surface area (TPSA) is 69.3 Å². The minimum Gasteiger partial charge on any atom is -0.497 e. The summed E-state index contributed by atoms with van der Waals surface area (Å²) in [5.74, 6) is 2.42. The molecule has 2 aliphatic heterocycles. The van der Waals surface area contributed by atoms with Gasteiger partial charge in [0.2, 0.25) is 0 Å². The van der Waals surface area contributed by atoms with Crippen molar-refractivity contribution in [2.45, 2.75) is 19.6 Å². The summed E-state index contributed by atoms with van der Waals surface area (Å²) in [6.45, 7) is 3.90. The fraction of sp³-hybridized carbons (Fsp3) is 0.444. The molecule has 2 fully saturated rings. The standard InChI is InChI=1S/C18H21N3O4.ClH/c1-22-15-4-2-13(3-5-15)11-23-18-8-16(25-20-18)12-24-19-17-10-21-7-6-14(17)9-21;/h2-5,8,14H,6-7,9-12H2,1H3;1H. The van der Waals surface area contributed by atoms with Crippen molar-refractivity contribution in [3.63, 3.8) is 0 Å². The van der Waals surface area contributed by atoms with E-state index in [0.29, 0.717) is 24.2 Å². The van der Waals surface area contributed by atoms with Crippen molar-refractivity contribution in [1.29, 1.82) is 0 Å². The van der Waals surface area contributed by atoms with Gasteiger partial charge in [0, 0.05) is 25.1 Å². The molecule has 0 N–H and O–H groups in total. The molecular formula is C18H22ClN3O4. The molecule has 0 saturated carbocycles. The first-order chi connectivity index (χ1) is 12.3. The van der Waals surface area contributed by atoms with Gasteiger partial charge in [0.05, 0.1) is 12.8 Å². The number of hydrogen-bond donors (Lipinski definition) is 0. The van der Waals surface area contributed by atoms with Gasteiger partial charge in [-0.3, -0.25) is 4.90 Å². The van der Waals surface area contributed by atoms with Crippen molar-refractivity contribution in [3.8, 4) is 11.6 Å². The van der Waals surface area contributed by atoms with Crippen molar-refractivity contribution in [3.05, 3.63) is 41.7 Å². The Morgan fingerprint density at radius 1 is 1.27 bits per heavy atom. The second kappa shape index (κ2) is 8.42. The zero-order valence-electron chi connectivity index (χ0n) is 14.6. The van der Waals surface area contributed by atoms with Gasteiger partial charge in [0.1, 0.15) is 12.4 Å². The van der Waals surface area contributed by atoms with Crippen LogP contribution in [0, 0.1) is 5.92 Å². The smallest absolute Gasteiger partial charge is 0.254 e. The van der Waals surface area contributed by atoms with Crippen LogP contribution in [0.15, 0.2) is 40.0 Å². The van der Waals surface area contributed by atoms with E-state index in [1.807, 2.05) is 24.3 Å². The Bertz CT molecular complexity index is 747. The molecule has 7 nitrogen and oxygen atoms in total. The van der Waals surface area contributed by atoms with E-state index in [-0.39, 0.29) is 19.0 Å². The Kier molecular flexibility index (Phi) is 6.00. The molecule has 1 aromatic heterocycles.